The summed E-state index contributed by atoms with van der Waals surface area (Å²) in [7, 11) is 0. The number of fused-ring (bicyclic) bond motifs is 1. The zero-order valence-electron chi connectivity index (χ0n) is 12.7. The number of carbonyl (C=O) groups is 1. The van der Waals surface area contributed by atoms with E-state index in [9.17, 15) is 4.79 Å². The summed E-state index contributed by atoms with van der Waals surface area (Å²) < 4.78 is 0. The van der Waals surface area contributed by atoms with E-state index in [-0.39, 0.29) is 5.91 Å². The molecule has 0 unspecified atom stereocenters. The van der Waals surface area contributed by atoms with Gasteiger partial charge in [-0.25, -0.2) is 0 Å². The van der Waals surface area contributed by atoms with Crippen LogP contribution in [0.25, 0.3) is 0 Å². The summed E-state index contributed by atoms with van der Waals surface area (Å²) in [4.78, 5) is 14.3. The van der Waals surface area contributed by atoms with Gasteiger partial charge in [-0.1, -0.05) is 47.5 Å². The average Bonchev–Trinajstić information content (AvgIpc) is 2.57. The second-order valence-electron chi connectivity index (χ2n) is 5.64. The maximum absolute atomic E-state index is 12.4. The number of hydrogen-bond donors (Lipinski definition) is 1. The number of anilines is 1. The van der Waals surface area contributed by atoms with Crippen LogP contribution in [0.3, 0.4) is 0 Å². The van der Waals surface area contributed by atoms with Crippen molar-refractivity contribution in [1.29, 1.82) is 0 Å². The Hall–Kier alpha value is -1.71. The lowest BCUT2D eigenvalue weighted by atomic mass is 10.00. The fourth-order valence-electron chi connectivity index (χ4n) is 2.79. The van der Waals surface area contributed by atoms with Crippen LogP contribution in [0.15, 0.2) is 42.5 Å². The van der Waals surface area contributed by atoms with Crippen LogP contribution >= 0.6 is 23.2 Å². The lowest BCUT2D eigenvalue weighted by Crippen LogP contribution is -2.36. The second-order valence-corrected chi connectivity index (χ2v) is 6.45. The summed E-state index contributed by atoms with van der Waals surface area (Å²) in [6.45, 7) is 2.08. The topological polar surface area (TPSA) is 32.3 Å². The summed E-state index contributed by atoms with van der Waals surface area (Å²) in [5.74, 6) is 0.173. The molecule has 2 aromatic carbocycles. The fourth-order valence-corrected chi connectivity index (χ4v) is 3.08. The van der Waals surface area contributed by atoms with Crippen molar-refractivity contribution in [3.63, 3.8) is 0 Å². The third-order valence-corrected chi connectivity index (χ3v) is 4.81. The van der Waals surface area contributed by atoms with Crippen LogP contribution in [0.5, 0.6) is 0 Å². The monoisotopic (exact) mass is 348 g/mol. The molecule has 0 saturated heterocycles. The highest BCUT2D eigenvalue weighted by Gasteiger charge is 2.19. The largest absolute Gasteiger partial charge is 0.384 e. The van der Waals surface area contributed by atoms with Gasteiger partial charge >= 0.3 is 0 Å². The van der Waals surface area contributed by atoms with E-state index in [1.165, 1.54) is 11.1 Å². The molecule has 1 N–H and O–H groups in total. The molecule has 0 aromatic heterocycles. The van der Waals surface area contributed by atoms with Gasteiger partial charge in [0.1, 0.15) is 0 Å². The van der Waals surface area contributed by atoms with Gasteiger partial charge in [0.15, 0.2) is 0 Å². The van der Waals surface area contributed by atoms with Crippen LogP contribution in [0.2, 0.25) is 10.0 Å². The number of hydrogen-bond acceptors (Lipinski definition) is 2. The number of nitrogens with zero attached hydrogens (tertiary/aromatic N) is 1. The van der Waals surface area contributed by atoms with Crippen molar-refractivity contribution >= 4 is 34.8 Å². The maximum Gasteiger partial charge on any atom is 0.224 e. The van der Waals surface area contributed by atoms with Crippen molar-refractivity contribution in [2.75, 3.05) is 18.4 Å². The molecule has 1 aliphatic rings. The number of nitrogens with one attached hydrogen (secondary N) is 1. The predicted octanol–water partition coefficient (Wildman–Crippen LogP) is 4.38. The number of halogens is 2. The van der Waals surface area contributed by atoms with E-state index >= 15 is 0 Å². The molecule has 2 aromatic rings. The highest BCUT2D eigenvalue weighted by Crippen LogP contribution is 2.25. The Balaban J connectivity index is 1.51. The molecule has 120 valence electrons. The van der Waals surface area contributed by atoms with Crippen LogP contribution in [-0.2, 0) is 17.8 Å². The molecule has 0 saturated carbocycles. The summed E-state index contributed by atoms with van der Waals surface area (Å²) in [6, 6.07) is 13.7. The van der Waals surface area contributed by atoms with Crippen LogP contribution < -0.4 is 5.32 Å². The Morgan fingerprint density at radius 3 is 2.65 bits per heavy atom. The van der Waals surface area contributed by atoms with Gasteiger partial charge in [-0.2, -0.15) is 0 Å². The molecule has 1 aliphatic heterocycles. The Morgan fingerprint density at radius 1 is 1.09 bits per heavy atom. The fraction of sp³-hybridized carbons (Fsp3) is 0.278. The number of carbonyl (C=O) groups excluding carboxylic acids is 1. The molecule has 23 heavy (non-hydrogen) atoms. The van der Waals surface area contributed by atoms with Crippen LogP contribution in [-0.4, -0.2) is 23.9 Å². The lowest BCUT2D eigenvalue weighted by Gasteiger charge is -2.29. The normalized spacial score (nSPS) is 13.6. The van der Waals surface area contributed by atoms with E-state index < -0.39 is 0 Å². The second kappa shape index (κ2) is 7.24. The first-order chi connectivity index (χ1) is 11.1. The number of benzene rings is 2. The van der Waals surface area contributed by atoms with E-state index in [2.05, 4.69) is 23.5 Å². The van der Waals surface area contributed by atoms with E-state index in [4.69, 9.17) is 23.2 Å². The quantitative estimate of drug-likeness (QED) is 0.888. The summed E-state index contributed by atoms with van der Waals surface area (Å²) in [5, 5.41) is 4.25. The zero-order valence-corrected chi connectivity index (χ0v) is 14.2. The van der Waals surface area contributed by atoms with Gasteiger partial charge < -0.3 is 10.2 Å². The van der Waals surface area contributed by atoms with E-state index in [1.807, 2.05) is 17.0 Å². The minimum Gasteiger partial charge on any atom is -0.384 e. The molecule has 0 radical (unpaired) electrons. The molecule has 0 spiro atoms. The van der Waals surface area contributed by atoms with Crippen LogP contribution in [0.1, 0.15) is 17.5 Å². The smallest absolute Gasteiger partial charge is 0.224 e. The van der Waals surface area contributed by atoms with Crippen molar-refractivity contribution in [1.82, 2.24) is 4.90 Å². The SMILES string of the molecule is O=C(CCNc1ccc(Cl)c(Cl)c1)N1CCc2ccccc2C1. The molecule has 3 nitrogen and oxygen atoms in total. The number of amides is 1. The van der Waals surface area contributed by atoms with E-state index in [1.54, 1.807) is 12.1 Å². The standard InChI is InChI=1S/C18H18Cl2N2O/c19-16-6-5-15(11-17(16)20)21-9-7-18(23)22-10-8-13-3-1-2-4-14(13)12-22/h1-6,11,21H,7-10,12H2. The van der Waals surface area contributed by atoms with Gasteiger partial charge in [-0.15, -0.1) is 0 Å². The number of rotatable bonds is 4. The van der Waals surface area contributed by atoms with E-state index in [0.717, 1.165) is 18.7 Å². The first-order valence-electron chi connectivity index (χ1n) is 7.67. The summed E-state index contributed by atoms with van der Waals surface area (Å²) >= 11 is 11.9. The Bertz CT molecular complexity index is 718. The third kappa shape index (κ3) is 3.98. The molecule has 1 heterocycles. The summed E-state index contributed by atoms with van der Waals surface area (Å²) in [6.07, 6.45) is 1.39. The van der Waals surface area contributed by atoms with Crippen LogP contribution in [0, 0.1) is 0 Å². The van der Waals surface area contributed by atoms with E-state index in [0.29, 0.717) is 29.6 Å². The Kier molecular flexibility index (Phi) is 5.09. The Morgan fingerprint density at radius 2 is 1.87 bits per heavy atom. The van der Waals surface area contributed by atoms with Gasteiger partial charge in [0.05, 0.1) is 10.0 Å². The Labute approximate surface area is 146 Å². The van der Waals surface area contributed by atoms with Gasteiger partial charge in [-0.05, 0) is 35.7 Å². The highest BCUT2D eigenvalue weighted by molar-refractivity contribution is 6.42. The molecular weight excluding hydrogens is 331 g/mol. The van der Waals surface area contributed by atoms with Gasteiger partial charge in [0.2, 0.25) is 5.91 Å². The minimum atomic E-state index is 0.173. The van der Waals surface area contributed by atoms with Crippen molar-refractivity contribution in [3.05, 3.63) is 63.6 Å². The summed E-state index contributed by atoms with van der Waals surface area (Å²) in [5.41, 5.74) is 3.48. The van der Waals surface area contributed by atoms with Crippen molar-refractivity contribution in [3.8, 4) is 0 Å². The van der Waals surface area contributed by atoms with Gasteiger partial charge in [-0.3, -0.25) is 4.79 Å². The zero-order chi connectivity index (χ0) is 16.2. The molecule has 0 bridgehead atoms. The molecular formula is C18H18Cl2N2O. The molecule has 0 aliphatic carbocycles. The lowest BCUT2D eigenvalue weighted by molar-refractivity contribution is -0.131. The van der Waals surface area contributed by atoms with Crippen molar-refractivity contribution < 1.29 is 4.79 Å². The van der Waals surface area contributed by atoms with Gasteiger partial charge in [0.25, 0.3) is 0 Å². The maximum atomic E-state index is 12.4. The third-order valence-electron chi connectivity index (χ3n) is 4.07. The molecule has 0 fully saturated rings. The highest BCUT2D eigenvalue weighted by atomic mass is 35.5. The first-order valence-corrected chi connectivity index (χ1v) is 8.42. The van der Waals surface area contributed by atoms with Gasteiger partial charge in [0, 0.05) is 31.7 Å². The molecule has 3 rings (SSSR count). The minimum absolute atomic E-state index is 0.173. The molecule has 5 heteroatoms. The molecule has 0 atom stereocenters. The first kappa shape index (κ1) is 16.2. The van der Waals surface area contributed by atoms with Crippen LogP contribution in [0.4, 0.5) is 5.69 Å². The molecule has 1 amide bonds. The predicted molar refractivity (Wildman–Crippen MR) is 95.1 cm³/mol. The average molecular weight is 349 g/mol. The van der Waals surface area contributed by atoms with Crippen molar-refractivity contribution in [2.45, 2.75) is 19.4 Å². The van der Waals surface area contributed by atoms with Crippen molar-refractivity contribution in [2.24, 2.45) is 0 Å².